The van der Waals surface area contributed by atoms with Crippen LogP contribution in [0.1, 0.15) is 38.5 Å². The monoisotopic (exact) mass is 441 g/mol. The number of halogens is 1. The minimum absolute atomic E-state index is 0. The van der Waals surface area contributed by atoms with Gasteiger partial charge in [-0.25, -0.2) is 0 Å². The van der Waals surface area contributed by atoms with Crippen molar-refractivity contribution in [1.29, 1.82) is 0 Å². The average Bonchev–Trinajstić information content (AvgIpc) is 3.23. The molecule has 0 radical (unpaired) electrons. The van der Waals surface area contributed by atoms with E-state index in [1.807, 2.05) is 24.3 Å². The van der Waals surface area contributed by atoms with E-state index in [0.29, 0.717) is 5.02 Å². The number of benzene rings is 1. The summed E-state index contributed by atoms with van der Waals surface area (Å²) in [6, 6.07) is 7.79. The normalized spacial score (nSPS) is 13.7. The molecule has 1 aliphatic carbocycles. The van der Waals surface area contributed by atoms with Crippen LogP contribution in [-0.2, 0) is 17.1 Å². The minimum atomic E-state index is 0. The van der Waals surface area contributed by atoms with Crippen LogP contribution in [-0.4, -0.2) is 37.1 Å². The summed E-state index contributed by atoms with van der Waals surface area (Å²) in [4.78, 5) is 6.48. The van der Waals surface area contributed by atoms with Crippen molar-refractivity contribution in [2.24, 2.45) is 0 Å². The number of allylic oxidation sites excluding steroid dienone is 2. The van der Waals surface area contributed by atoms with Crippen LogP contribution in [0.15, 0.2) is 54.8 Å². The molecule has 0 saturated heterocycles. The molecule has 1 N–H and O–H groups in total. The van der Waals surface area contributed by atoms with Gasteiger partial charge >= 0.3 is 0 Å². The SMILES string of the molecule is C1CCCC1.CN(C)CC=CC=CCCNc1ccnc2cc(Cl)ccc12.[Fe]. The van der Waals surface area contributed by atoms with E-state index in [-0.39, 0.29) is 17.1 Å². The van der Waals surface area contributed by atoms with Crippen LogP contribution in [0.25, 0.3) is 10.9 Å². The van der Waals surface area contributed by atoms with Crippen molar-refractivity contribution in [1.82, 2.24) is 9.88 Å². The fourth-order valence-electron chi connectivity index (χ4n) is 2.97. The third-order valence-electron chi connectivity index (χ3n) is 4.44. The van der Waals surface area contributed by atoms with E-state index in [4.69, 9.17) is 11.6 Å². The zero-order valence-electron chi connectivity index (χ0n) is 17.0. The second kappa shape index (κ2) is 14.6. The summed E-state index contributed by atoms with van der Waals surface area (Å²) in [7, 11) is 4.12. The van der Waals surface area contributed by atoms with E-state index in [0.717, 1.165) is 36.1 Å². The number of fused-ring (bicyclic) bond motifs is 1. The van der Waals surface area contributed by atoms with Gasteiger partial charge in [0.1, 0.15) is 0 Å². The zero-order valence-corrected chi connectivity index (χ0v) is 18.8. The van der Waals surface area contributed by atoms with Crippen LogP contribution in [0.5, 0.6) is 0 Å². The summed E-state index contributed by atoms with van der Waals surface area (Å²) in [5.74, 6) is 0. The van der Waals surface area contributed by atoms with E-state index in [9.17, 15) is 0 Å². The fraction of sp³-hybridized carbons (Fsp3) is 0.435. The smallest absolute Gasteiger partial charge is 0.0737 e. The number of nitrogens with zero attached hydrogens (tertiary/aromatic N) is 2. The number of aromatic nitrogens is 1. The molecule has 0 spiro atoms. The molecule has 28 heavy (non-hydrogen) atoms. The quantitative estimate of drug-likeness (QED) is 0.310. The molecule has 154 valence electrons. The molecule has 0 bridgehead atoms. The molecule has 5 heteroatoms. The first-order chi connectivity index (χ1) is 13.2. The van der Waals surface area contributed by atoms with Crippen LogP contribution < -0.4 is 5.32 Å². The Morgan fingerprint density at radius 1 is 1.04 bits per heavy atom. The van der Waals surface area contributed by atoms with E-state index in [2.05, 4.69) is 53.6 Å². The van der Waals surface area contributed by atoms with Crippen LogP contribution in [0, 0.1) is 0 Å². The summed E-state index contributed by atoms with van der Waals surface area (Å²) in [6.45, 7) is 1.86. The van der Waals surface area contributed by atoms with Gasteiger partial charge in [-0.15, -0.1) is 0 Å². The summed E-state index contributed by atoms with van der Waals surface area (Å²) >= 11 is 6.00. The van der Waals surface area contributed by atoms with Crippen LogP contribution in [0.2, 0.25) is 5.02 Å². The van der Waals surface area contributed by atoms with E-state index < -0.39 is 0 Å². The van der Waals surface area contributed by atoms with Gasteiger partial charge in [-0.3, -0.25) is 4.98 Å². The number of hydrogen-bond donors (Lipinski definition) is 1. The van der Waals surface area contributed by atoms with Crippen molar-refractivity contribution in [3.05, 3.63) is 59.8 Å². The van der Waals surface area contributed by atoms with Gasteiger partial charge in [-0.1, -0.05) is 68.0 Å². The summed E-state index contributed by atoms with van der Waals surface area (Å²) < 4.78 is 0. The van der Waals surface area contributed by atoms with Gasteiger partial charge in [-0.2, -0.15) is 0 Å². The Kier molecular flexibility index (Phi) is 12.9. The zero-order chi connectivity index (χ0) is 19.3. The van der Waals surface area contributed by atoms with Crippen molar-refractivity contribution in [3.63, 3.8) is 0 Å². The third kappa shape index (κ3) is 9.75. The van der Waals surface area contributed by atoms with Crippen LogP contribution in [0.4, 0.5) is 5.69 Å². The molecule has 1 saturated carbocycles. The minimum Gasteiger partial charge on any atom is -0.384 e. The largest absolute Gasteiger partial charge is 0.384 e. The van der Waals surface area contributed by atoms with Gasteiger partial charge in [0.25, 0.3) is 0 Å². The Morgan fingerprint density at radius 2 is 1.71 bits per heavy atom. The maximum atomic E-state index is 6.00. The Morgan fingerprint density at radius 3 is 2.39 bits per heavy atom. The Labute approximate surface area is 185 Å². The van der Waals surface area contributed by atoms with E-state index in [1.54, 1.807) is 6.20 Å². The molecule has 1 fully saturated rings. The predicted octanol–water partition coefficient (Wildman–Crippen LogP) is 6.31. The first-order valence-electron chi connectivity index (χ1n) is 9.91. The molecule has 3 nitrogen and oxygen atoms in total. The van der Waals surface area contributed by atoms with Crippen molar-refractivity contribution in [2.75, 3.05) is 32.5 Å². The number of pyridine rings is 1. The molecular weight excluding hydrogens is 410 g/mol. The number of anilines is 1. The Balaban J connectivity index is 0.000000567. The summed E-state index contributed by atoms with van der Waals surface area (Å²) in [5, 5.41) is 5.26. The standard InChI is InChI=1S/C18H22ClN3.C5H10.Fe/c1-22(2)13-7-5-3-4-6-11-20-17-10-12-21-18-14-15(19)8-9-16(17)18;1-2-4-5-3-1;/h3-5,7-10,12,14H,6,11,13H2,1-2H3,(H,20,21);1-5H2;. The van der Waals surface area contributed by atoms with Gasteiger partial charge in [0.05, 0.1) is 5.52 Å². The molecule has 1 heterocycles. The van der Waals surface area contributed by atoms with Crippen LogP contribution in [0.3, 0.4) is 0 Å². The van der Waals surface area contributed by atoms with Gasteiger partial charge < -0.3 is 10.2 Å². The predicted molar refractivity (Wildman–Crippen MR) is 120 cm³/mol. The summed E-state index contributed by atoms with van der Waals surface area (Å²) in [5.41, 5.74) is 2.01. The van der Waals surface area contributed by atoms with Gasteiger partial charge in [-0.05, 0) is 44.8 Å². The van der Waals surface area contributed by atoms with Gasteiger partial charge in [0, 0.05) is 52.5 Å². The van der Waals surface area contributed by atoms with Crippen molar-refractivity contribution in [2.45, 2.75) is 38.5 Å². The molecule has 0 atom stereocenters. The van der Waals surface area contributed by atoms with Crippen molar-refractivity contribution < 1.29 is 17.1 Å². The Hall–Kier alpha value is -1.32. The van der Waals surface area contributed by atoms with Gasteiger partial charge in [0.2, 0.25) is 0 Å². The molecule has 1 aromatic carbocycles. The van der Waals surface area contributed by atoms with Crippen LogP contribution >= 0.6 is 11.6 Å². The topological polar surface area (TPSA) is 28.2 Å². The second-order valence-corrected chi connectivity index (χ2v) is 7.56. The van der Waals surface area contributed by atoms with Gasteiger partial charge in [0.15, 0.2) is 0 Å². The number of hydrogen-bond acceptors (Lipinski definition) is 3. The first kappa shape index (κ1) is 24.7. The molecular formula is C23H32ClFeN3. The molecule has 1 aliphatic rings. The van der Waals surface area contributed by atoms with E-state index >= 15 is 0 Å². The number of nitrogens with one attached hydrogen (secondary N) is 1. The maximum absolute atomic E-state index is 6.00. The maximum Gasteiger partial charge on any atom is 0.0737 e. The van der Waals surface area contributed by atoms with E-state index in [1.165, 1.54) is 32.1 Å². The molecule has 2 aromatic rings. The molecule has 3 rings (SSSR count). The second-order valence-electron chi connectivity index (χ2n) is 7.12. The Bertz CT molecular complexity index is 732. The van der Waals surface area contributed by atoms with Crippen molar-refractivity contribution in [3.8, 4) is 0 Å². The average molecular weight is 442 g/mol. The molecule has 0 unspecified atom stereocenters. The molecule has 1 aromatic heterocycles. The fourth-order valence-corrected chi connectivity index (χ4v) is 3.14. The third-order valence-corrected chi connectivity index (χ3v) is 4.67. The summed E-state index contributed by atoms with van der Waals surface area (Å²) in [6.07, 6.45) is 18.8. The number of rotatable bonds is 7. The number of likely N-dealkylation sites (N-methyl/N-ethyl adjacent to an activating group) is 1. The first-order valence-corrected chi connectivity index (χ1v) is 10.3. The molecule has 0 amide bonds. The molecule has 0 aliphatic heterocycles. The van der Waals surface area contributed by atoms with Crippen molar-refractivity contribution >= 4 is 28.2 Å².